The third kappa shape index (κ3) is 83.9. The fraction of sp³-hybridized carbons (Fsp3) is 0.800. The first-order valence-electron chi connectivity index (χ1n) is 42.9. The van der Waals surface area contributed by atoms with Crippen molar-refractivity contribution in [3.63, 3.8) is 0 Å². The average molecular weight is 1420 g/mol. The van der Waals surface area contributed by atoms with Gasteiger partial charge < -0.3 is 27.9 Å². The van der Waals surface area contributed by atoms with Crippen molar-refractivity contribution >= 4 is 19.8 Å². The van der Waals surface area contributed by atoms with Crippen LogP contribution in [0.2, 0.25) is 0 Å². The van der Waals surface area contributed by atoms with Gasteiger partial charge in [-0.15, -0.1) is 0 Å². The van der Waals surface area contributed by atoms with Gasteiger partial charge in [0.05, 0.1) is 27.7 Å². The molecule has 9 nitrogen and oxygen atoms in total. The normalized spacial score (nSPS) is 13.5. The molecule has 10 heteroatoms. The minimum Gasteiger partial charge on any atom is -0.756 e. The Morgan fingerprint density at radius 3 is 0.850 bits per heavy atom. The maximum absolute atomic E-state index is 12.9. The summed E-state index contributed by atoms with van der Waals surface area (Å²) in [5.74, 6) is -0.812. The SMILES string of the molecule is CC/C=C\C/C=C\C/C=C\C/C=C\C/C=C\CCCCCCCCCCCCCCCCCCCCCCCCCC(=O)OC(COC(=O)CCCCCCCCCCCCCCCCCCCCCCCC/C=C\C/C=C\C/C=C\CCCCCCC)COP(=O)([O-])OCC[N+](C)(C)C. The standard InChI is InChI=1S/C90H164NO8P/c1-6-8-10-12-14-16-18-20-22-24-26-28-30-32-34-36-38-40-42-44-45-47-49-51-53-55-57-59-61-63-65-67-69-71-73-75-77-79-81-83-90(93)99-88(87-98-100(94,95)97-85-84-91(3,4)5)86-96-89(92)82-80-78-76-74-72-70-68-66-64-62-60-58-56-54-52-50-48-46-43-41-39-37-35-33-31-29-27-25-23-21-19-17-15-13-11-9-7-2/h8,10,14,16,19-22,25-28,31-34,88H,6-7,9,11-13,15,17-18,23-24,29-30,35-87H2,1-5H3/b10-8-,16-14-,21-19-,22-20-,27-25-,28-26-,33-31-,34-32-. The van der Waals surface area contributed by atoms with Crippen molar-refractivity contribution in [2.45, 2.75) is 418 Å². The molecule has 0 aliphatic rings. The summed E-state index contributed by atoms with van der Waals surface area (Å²) in [4.78, 5) is 38.2. The van der Waals surface area contributed by atoms with Crippen molar-refractivity contribution in [3.8, 4) is 0 Å². The molecule has 0 aromatic heterocycles. The third-order valence-electron chi connectivity index (χ3n) is 19.1. The highest BCUT2D eigenvalue weighted by Crippen LogP contribution is 2.38. The number of rotatable bonds is 80. The van der Waals surface area contributed by atoms with Gasteiger partial charge in [0, 0.05) is 12.8 Å². The van der Waals surface area contributed by atoms with Gasteiger partial charge in [0.25, 0.3) is 7.82 Å². The van der Waals surface area contributed by atoms with Crippen LogP contribution in [0.5, 0.6) is 0 Å². The van der Waals surface area contributed by atoms with Gasteiger partial charge in [-0.1, -0.05) is 400 Å². The average Bonchev–Trinajstić information content (AvgIpc) is 1.07. The Bertz CT molecular complexity index is 2010. The summed E-state index contributed by atoms with van der Waals surface area (Å²) in [6.07, 6.45) is 113. The number of phosphoric ester groups is 1. The first-order valence-corrected chi connectivity index (χ1v) is 44.4. The molecule has 100 heavy (non-hydrogen) atoms. The highest BCUT2D eigenvalue weighted by molar-refractivity contribution is 7.45. The number of esters is 2. The monoisotopic (exact) mass is 1420 g/mol. The van der Waals surface area contributed by atoms with E-state index < -0.39 is 26.5 Å². The zero-order chi connectivity index (χ0) is 72.5. The van der Waals surface area contributed by atoms with Crippen LogP contribution < -0.4 is 4.89 Å². The summed E-state index contributed by atoms with van der Waals surface area (Å²) < 4.78 is 34.5. The summed E-state index contributed by atoms with van der Waals surface area (Å²) >= 11 is 0. The second-order valence-corrected chi connectivity index (χ2v) is 31.6. The lowest BCUT2D eigenvalue weighted by atomic mass is 10.0. The second kappa shape index (κ2) is 80.0. The molecule has 0 aromatic carbocycles. The van der Waals surface area contributed by atoms with E-state index in [1.54, 1.807) is 0 Å². The molecule has 0 N–H and O–H groups in total. The predicted octanol–water partition coefficient (Wildman–Crippen LogP) is 28.3. The molecular formula is C90H164NO8P. The van der Waals surface area contributed by atoms with Gasteiger partial charge in [-0.2, -0.15) is 0 Å². The molecular weight excluding hydrogens is 1250 g/mol. The Kier molecular flexibility index (Phi) is 77.6. The number of hydrogen-bond acceptors (Lipinski definition) is 8. The number of carbonyl (C=O) groups is 2. The summed E-state index contributed by atoms with van der Waals surface area (Å²) in [5.41, 5.74) is 0. The number of allylic oxidation sites excluding steroid dienone is 16. The molecule has 0 fully saturated rings. The number of phosphoric acid groups is 1. The van der Waals surface area contributed by atoms with E-state index in [4.69, 9.17) is 18.5 Å². The number of carbonyl (C=O) groups excluding carboxylic acids is 2. The lowest BCUT2D eigenvalue weighted by molar-refractivity contribution is -0.870. The molecule has 0 saturated heterocycles. The van der Waals surface area contributed by atoms with E-state index in [0.717, 1.165) is 77.0 Å². The number of ether oxygens (including phenoxy) is 2. The van der Waals surface area contributed by atoms with E-state index in [9.17, 15) is 19.0 Å². The Labute approximate surface area is 621 Å². The smallest absolute Gasteiger partial charge is 0.306 e. The van der Waals surface area contributed by atoms with Gasteiger partial charge in [0.1, 0.15) is 19.8 Å². The van der Waals surface area contributed by atoms with E-state index in [-0.39, 0.29) is 32.0 Å². The van der Waals surface area contributed by atoms with Crippen LogP contribution in [0.3, 0.4) is 0 Å². The predicted molar refractivity (Wildman–Crippen MR) is 434 cm³/mol. The first-order chi connectivity index (χ1) is 49.0. The molecule has 0 rings (SSSR count). The fourth-order valence-corrected chi connectivity index (χ4v) is 13.3. The molecule has 0 heterocycles. The fourth-order valence-electron chi connectivity index (χ4n) is 12.6. The maximum atomic E-state index is 12.9. The quantitative estimate of drug-likeness (QED) is 0.0195. The Hall–Kier alpha value is -3.07. The number of quaternary nitrogens is 1. The van der Waals surface area contributed by atoms with E-state index in [1.807, 2.05) is 21.1 Å². The second-order valence-electron chi connectivity index (χ2n) is 30.2. The molecule has 0 saturated carbocycles. The molecule has 2 unspecified atom stereocenters. The summed E-state index contributed by atoms with van der Waals surface area (Å²) in [5, 5.41) is 0. The number of hydrogen-bond donors (Lipinski definition) is 0. The summed E-state index contributed by atoms with van der Waals surface area (Å²) in [7, 11) is 1.18. The van der Waals surface area contributed by atoms with Crippen LogP contribution in [-0.2, 0) is 32.7 Å². The first kappa shape index (κ1) is 96.9. The molecule has 582 valence electrons. The highest BCUT2D eigenvalue weighted by Gasteiger charge is 2.22. The molecule has 0 aliphatic carbocycles. The summed E-state index contributed by atoms with van der Waals surface area (Å²) in [6, 6.07) is 0. The minimum absolute atomic E-state index is 0.0298. The van der Waals surface area contributed by atoms with Gasteiger partial charge in [-0.25, -0.2) is 0 Å². The Balaban J connectivity index is 3.89. The minimum atomic E-state index is -4.65. The lowest BCUT2D eigenvalue weighted by Crippen LogP contribution is -2.37. The molecule has 0 bridgehead atoms. The highest BCUT2D eigenvalue weighted by atomic mass is 31.2. The van der Waals surface area contributed by atoms with Crippen molar-refractivity contribution < 1.29 is 42.1 Å². The Morgan fingerprint density at radius 2 is 0.570 bits per heavy atom. The van der Waals surface area contributed by atoms with Gasteiger partial charge >= 0.3 is 11.9 Å². The lowest BCUT2D eigenvalue weighted by Gasteiger charge is -2.28. The number of nitrogens with zero attached hydrogens (tertiary/aromatic N) is 1. The largest absolute Gasteiger partial charge is 0.756 e. The number of likely N-dealkylation sites (N-methyl/N-ethyl adjacent to an activating group) is 1. The van der Waals surface area contributed by atoms with Crippen LogP contribution in [-0.4, -0.2) is 70.0 Å². The maximum Gasteiger partial charge on any atom is 0.306 e. The molecule has 0 amide bonds. The van der Waals surface area contributed by atoms with Crippen molar-refractivity contribution in [1.29, 1.82) is 0 Å². The van der Waals surface area contributed by atoms with Crippen molar-refractivity contribution in [2.75, 3.05) is 47.5 Å². The van der Waals surface area contributed by atoms with E-state index in [2.05, 4.69) is 111 Å². The Morgan fingerprint density at radius 1 is 0.320 bits per heavy atom. The van der Waals surface area contributed by atoms with Crippen LogP contribution >= 0.6 is 7.82 Å². The van der Waals surface area contributed by atoms with Crippen molar-refractivity contribution in [3.05, 3.63) is 97.2 Å². The van der Waals surface area contributed by atoms with E-state index in [1.165, 1.54) is 302 Å². The zero-order valence-corrected chi connectivity index (χ0v) is 67.5. The van der Waals surface area contributed by atoms with Crippen molar-refractivity contribution in [2.24, 2.45) is 0 Å². The van der Waals surface area contributed by atoms with E-state index in [0.29, 0.717) is 17.4 Å². The molecule has 0 spiro atoms. The van der Waals surface area contributed by atoms with Gasteiger partial charge in [-0.3, -0.25) is 14.2 Å². The molecule has 2 atom stereocenters. The topological polar surface area (TPSA) is 111 Å². The van der Waals surface area contributed by atoms with Gasteiger partial charge in [-0.05, 0) is 96.3 Å². The molecule has 0 radical (unpaired) electrons. The molecule has 0 aromatic rings. The van der Waals surface area contributed by atoms with Crippen LogP contribution in [0.4, 0.5) is 0 Å². The molecule has 0 aliphatic heterocycles. The zero-order valence-electron chi connectivity index (χ0n) is 66.6. The van der Waals surface area contributed by atoms with Crippen LogP contribution in [0.15, 0.2) is 97.2 Å². The van der Waals surface area contributed by atoms with Crippen LogP contribution in [0.25, 0.3) is 0 Å². The van der Waals surface area contributed by atoms with Gasteiger partial charge in [0.15, 0.2) is 6.10 Å². The van der Waals surface area contributed by atoms with Crippen molar-refractivity contribution in [1.82, 2.24) is 0 Å². The van der Waals surface area contributed by atoms with Crippen LogP contribution in [0, 0.1) is 0 Å². The number of unbranched alkanes of at least 4 members (excludes halogenated alkanes) is 50. The van der Waals surface area contributed by atoms with E-state index >= 15 is 0 Å². The van der Waals surface area contributed by atoms with Crippen LogP contribution in [0.1, 0.15) is 412 Å². The third-order valence-corrected chi connectivity index (χ3v) is 20.1. The summed E-state index contributed by atoms with van der Waals surface area (Å²) in [6.45, 7) is 4.18. The van der Waals surface area contributed by atoms with Gasteiger partial charge in [0.2, 0.25) is 0 Å².